The standard InChI is InChI=1S/C13H10BrClN2O3/c1-20-13-5-3-9(15)7-11(13)16-10-6-8(14)2-4-12(10)17(18)19/h2-7,16H,1H3. The highest BCUT2D eigenvalue weighted by molar-refractivity contribution is 9.10. The first-order valence-corrected chi connectivity index (χ1v) is 6.73. The lowest BCUT2D eigenvalue weighted by molar-refractivity contribution is -0.383. The van der Waals surface area contributed by atoms with Crippen molar-refractivity contribution >= 4 is 44.6 Å². The molecule has 2 aromatic carbocycles. The van der Waals surface area contributed by atoms with Gasteiger partial charge in [0, 0.05) is 15.6 Å². The lowest BCUT2D eigenvalue weighted by atomic mass is 10.2. The summed E-state index contributed by atoms with van der Waals surface area (Å²) in [5.41, 5.74) is 0.876. The number of rotatable bonds is 4. The van der Waals surface area contributed by atoms with Gasteiger partial charge in [-0.1, -0.05) is 27.5 Å². The van der Waals surface area contributed by atoms with Crippen molar-refractivity contribution < 1.29 is 9.66 Å². The molecule has 0 unspecified atom stereocenters. The minimum Gasteiger partial charge on any atom is -0.495 e. The summed E-state index contributed by atoms with van der Waals surface area (Å²) in [6.45, 7) is 0. The molecular weight excluding hydrogens is 348 g/mol. The van der Waals surface area contributed by atoms with Crippen LogP contribution >= 0.6 is 27.5 Å². The topological polar surface area (TPSA) is 64.4 Å². The summed E-state index contributed by atoms with van der Waals surface area (Å²) in [6, 6.07) is 9.67. The summed E-state index contributed by atoms with van der Waals surface area (Å²) in [4.78, 5) is 10.6. The molecule has 2 rings (SSSR count). The molecule has 0 spiro atoms. The van der Waals surface area contributed by atoms with E-state index >= 15 is 0 Å². The first kappa shape index (κ1) is 14.6. The van der Waals surface area contributed by atoms with E-state index in [9.17, 15) is 10.1 Å². The summed E-state index contributed by atoms with van der Waals surface area (Å²) < 4.78 is 5.93. The van der Waals surface area contributed by atoms with Crippen LogP contribution in [0.25, 0.3) is 0 Å². The predicted molar refractivity (Wildman–Crippen MR) is 82.1 cm³/mol. The molecule has 104 valence electrons. The normalized spacial score (nSPS) is 10.2. The Kier molecular flexibility index (Phi) is 4.46. The summed E-state index contributed by atoms with van der Waals surface area (Å²) in [6.07, 6.45) is 0. The Morgan fingerprint density at radius 3 is 2.65 bits per heavy atom. The number of hydrogen-bond donors (Lipinski definition) is 1. The fraction of sp³-hybridized carbons (Fsp3) is 0.0769. The second-order valence-electron chi connectivity index (χ2n) is 3.89. The van der Waals surface area contributed by atoms with E-state index in [4.69, 9.17) is 16.3 Å². The van der Waals surface area contributed by atoms with E-state index in [1.54, 1.807) is 30.3 Å². The maximum absolute atomic E-state index is 11.0. The van der Waals surface area contributed by atoms with Gasteiger partial charge in [-0.2, -0.15) is 0 Å². The molecule has 0 aromatic heterocycles. The number of methoxy groups -OCH3 is 1. The van der Waals surface area contributed by atoms with Crippen LogP contribution in [0.2, 0.25) is 5.02 Å². The molecule has 0 fully saturated rings. The molecule has 0 atom stereocenters. The molecule has 0 radical (unpaired) electrons. The smallest absolute Gasteiger partial charge is 0.292 e. The number of nitrogens with one attached hydrogen (secondary N) is 1. The number of anilines is 2. The Morgan fingerprint density at radius 2 is 2.00 bits per heavy atom. The Balaban J connectivity index is 2.46. The number of benzene rings is 2. The number of nitro benzene ring substituents is 1. The first-order valence-electron chi connectivity index (χ1n) is 5.56. The summed E-state index contributed by atoms with van der Waals surface area (Å²) in [7, 11) is 1.52. The average Bonchev–Trinajstić information content (AvgIpc) is 2.38. The molecule has 7 heteroatoms. The van der Waals surface area contributed by atoms with Crippen molar-refractivity contribution in [2.75, 3.05) is 12.4 Å². The van der Waals surface area contributed by atoms with E-state index in [2.05, 4.69) is 21.2 Å². The zero-order valence-electron chi connectivity index (χ0n) is 10.4. The van der Waals surface area contributed by atoms with Gasteiger partial charge in [-0.3, -0.25) is 10.1 Å². The Labute approximate surface area is 128 Å². The second-order valence-corrected chi connectivity index (χ2v) is 5.24. The van der Waals surface area contributed by atoms with Gasteiger partial charge in [0.25, 0.3) is 5.69 Å². The molecule has 20 heavy (non-hydrogen) atoms. The van der Waals surface area contributed by atoms with E-state index in [0.29, 0.717) is 22.1 Å². The third-order valence-electron chi connectivity index (χ3n) is 2.59. The molecular formula is C13H10BrClN2O3. The zero-order valence-corrected chi connectivity index (χ0v) is 12.7. The third-order valence-corrected chi connectivity index (χ3v) is 3.31. The van der Waals surface area contributed by atoms with Gasteiger partial charge < -0.3 is 10.1 Å². The molecule has 0 heterocycles. The lowest BCUT2D eigenvalue weighted by Gasteiger charge is -2.12. The van der Waals surface area contributed by atoms with Crippen molar-refractivity contribution in [3.63, 3.8) is 0 Å². The molecule has 1 N–H and O–H groups in total. The number of hydrogen-bond acceptors (Lipinski definition) is 4. The van der Waals surface area contributed by atoms with Gasteiger partial charge in [0.1, 0.15) is 11.4 Å². The van der Waals surface area contributed by atoms with Crippen molar-refractivity contribution in [1.82, 2.24) is 0 Å². The molecule has 0 saturated heterocycles. The molecule has 5 nitrogen and oxygen atoms in total. The van der Waals surface area contributed by atoms with Crippen LogP contribution in [0, 0.1) is 10.1 Å². The predicted octanol–water partition coefficient (Wildman–Crippen LogP) is 4.76. The number of nitro groups is 1. The highest BCUT2D eigenvalue weighted by Crippen LogP contribution is 2.35. The average molecular weight is 358 g/mol. The van der Waals surface area contributed by atoms with Gasteiger partial charge in [-0.25, -0.2) is 0 Å². The summed E-state index contributed by atoms with van der Waals surface area (Å²) >= 11 is 9.22. The Hall–Kier alpha value is -1.79. The first-order chi connectivity index (χ1) is 9.51. The van der Waals surface area contributed by atoms with Crippen LogP contribution in [0.5, 0.6) is 5.75 Å². The SMILES string of the molecule is COc1ccc(Cl)cc1Nc1cc(Br)ccc1[N+](=O)[O-]. The number of halogens is 2. The monoisotopic (exact) mass is 356 g/mol. The van der Waals surface area contributed by atoms with E-state index in [1.807, 2.05) is 0 Å². The molecule has 0 amide bonds. The van der Waals surface area contributed by atoms with Crippen LogP contribution in [-0.2, 0) is 0 Å². The fourth-order valence-electron chi connectivity index (χ4n) is 1.69. The molecule has 0 aliphatic rings. The van der Waals surface area contributed by atoms with Gasteiger partial charge in [0.2, 0.25) is 0 Å². The van der Waals surface area contributed by atoms with Gasteiger partial charge in [0.05, 0.1) is 17.7 Å². The van der Waals surface area contributed by atoms with Crippen molar-refractivity contribution in [3.05, 3.63) is 56.0 Å². The highest BCUT2D eigenvalue weighted by atomic mass is 79.9. The Bertz CT molecular complexity index is 664. The quantitative estimate of drug-likeness (QED) is 0.633. The van der Waals surface area contributed by atoms with Crippen LogP contribution in [0.4, 0.5) is 17.1 Å². The lowest BCUT2D eigenvalue weighted by Crippen LogP contribution is -1.99. The van der Waals surface area contributed by atoms with Gasteiger partial charge in [-0.05, 0) is 30.3 Å². The van der Waals surface area contributed by atoms with Crippen molar-refractivity contribution in [2.24, 2.45) is 0 Å². The summed E-state index contributed by atoms with van der Waals surface area (Å²) in [5, 5.41) is 14.5. The fourth-order valence-corrected chi connectivity index (χ4v) is 2.22. The molecule has 2 aromatic rings. The third kappa shape index (κ3) is 3.20. The summed E-state index contributed by atoms with van der Waals surface area (Å²) in [5.74, 6) is 0.545. The molecule has 0 saturated carbocycles. The molecule has 0 aliphatic heterocycles. The Morgan fingerprint density at radius 1 is 1.25 bits per heavy atom. The molecule has 0 aliphatic carbocycles. The second kappa shape index (κ2) is 6.11. The largest absolute Gasteiger partial charge is 0.495 e. The van der Waals surface area contributed by atoms with E-state index in [-0.39, 0.29) is 5.69 Å². The van der Waals surface area contributed by atoms with Gasteiger partial charge in [0.15, 0.2) is 0 Å². The molecule has 0 bridgehead atoms. The van der Waals surface area contributed by atoms with Gasteiger partial charge in [-0.15, -0.1) is 0 Å². The van der Waals surface area contributed by atoms with E-state index in [1.165, 1.54) is 13.2 Å². The van der Waals surface area contributed by atoms with E-state index in [0.717, 1.165) is 4.47 Å². The highest BCUT2D eigenvalue weighted by Gasteiger charge is 2.15. The maximum Gasteiger partial charge on any atom is 0.292 e. The number of ether oxygens (including phenoxy) is 1. The van der Waals surface area contributed by atoms with Crippen LogP contribution in [0.1, 0.15) is 0 Å². The minimum absolute atomic E-state index is 0.0322. The number of nitrogens with zero attached hydrogens (tertiary/aromatic N) is 1. The minimum atomic E-state index is -0.453. The van der Waals surface area contributed by atoms with E-state index < -0.39 is 4.92 Å². The maximum atomic E-state index is 11.0. The van der Waals surface area contributed by atoms with Crippen molar-refractivity contribution in [1.29, 1.82) is 0 Å². The zero-order chi connectivity index (χ0) is 14.7. The van der Waals surface area contributed by atoms with Crippen LogP contribution in [0.3, 0.4) is 0 Å². The van der Waals surface area contributed by atoms with Crippen LogP contribution in [-0.4, -0.2) is 12.0 Å². The van der Waals surface area contributed by atoms with Crippen LogP contribution < -0.4 is 10.1 Å². The van der Waals surface area contributed by atoms with Crippen LogP contribution in [0.15, 0.2) is 40.9 Å². The van der Waals surface area contributed by atoms with Crippen molar-refractivity contribution in [2.45, 2.75) is 0 Å². The van der Waals surface area contributed by atoms with Gasteiger partial charge >= 0.3 is 0 Å². The van der Waals surface area contributed by atoms with Crippen molar-refractivity contribution in [3.8, 4) is 5.75 Å².